The molecule has 0 aliphatic carbocycles. The zero-order chi connectivity index (χ0) is 17.9. The number of likely N-dealkylation sites (N-methyl/N-ethyl adjacent to an activating group) is 1. The normalized spacial score (nSPS) is 10.9. The van der Waals surface area contributed by atoms with E-state index < -0.39 is 5.97 Å². The van der Waals surface area contributed by atoms with Crippen LogP contribution >= 0.6 is 0 Å². The molecular formula is C17H25NO6. The predicted octanol–water partition coefficient (Wildman–Crippen LogP) is 1.19. The highest BCUT2D eigenvalue weighted by Gasteiger charge is 2.12. The van der Waals surface area contributed by atoms with E-state index in [1.54, 1.807) is 18.2 Å². The Morgan fingerprint density at radius 1 is 1.12 bits per heavy atom. The number of rotatable bonds is 10. The Morgan fingerprint density at radius 2 is 1.75 bits per heavy atom. The number of hydrogen-bond donors (Lipinski definition) is 1. The first-order valence-electron chi connectivity index (χ1n) is 7.50. The van der Waals surface area contributed by atoms with Crippen LogP contribution in [-0.4, -0.2) is 70.7 Å². The molecule has 7 heteroatoms. The molecule has 1 aromatic carbocycles. The van der Waals surface area contributed by atoms with Crippen molar-refractivity contribution in [1.82, 2.24) is 4.90 Å². The Bertz CT molecular complexity index is 533. The van der Waals surface area contributed by atoms with Crippen molar-refractivity contribution < 1.29 is 28.8 Å². The van der Waals surface area contributed by atoms with Crippen molar-refractivity contribution in [2.75, 3.05) is 54.7 Å². The second kappa shape index (κ2) is 10.5. The van der Waals surface area contributed by atoms with Crippen LogP contribution in [0.15, 0.2) is 18.2 Å². The van der Waals surface area contributed by atoms with Crippen LogP contribution in [0.25, 0.3) is 6.08 Å². The van der Waals surface area contributed by atoms with E-state index in [1.807, 2.05) is 11.9 Å². The number of nitrogens with zero attached hydrogens (tertiary/aromatic N) is 1. The lowest BCUT2D eigenvalue weighted by molar-refractivity contribution is -0.138. The zero-order valence-corrected chi connectivity index (χ0v) is 14.6. The minimum atomic E-state index is -0.443. The van der Waals surface area contributed by atoms with Crippen molar-refractivity contribution in [1.29, 1.82) is 0 Å². The molecule has 0 aliphatic rings. The molecule has 0 unspecified atom stereocenters. The zero-order valence-electron chi connectivity index (χ0n) is 14.6. The highest BCUT2D eigenvalue weighted by Crippen LogP contribution is 2.38. The molecule has 0 bridgehead atoms. The average Bonchev–Trinajstić information content (AvgIpc) is 2.59. The average molecular weight is 339 g/mol. The van der Waals surface area contributed by atoms with Gasteiger partial charge in [-0.1, -0.05) is 0 Å². The summed E-state index contributed by atoms with van der Waals surface area (Å²) in [4.78, 5) is 13.6. The number of aliphatic hydroxyl groups excluding tert-OH is 1. The molecule has 1 aromatic rings. The molecule has 134 valence electrons. The molecule has 0 aliphatic heterocycles. The standard InChI is InChI=1S/C17H25NO6/c1-18(7-9-19)8-10-24-16(20)6-5-13-11-14(21-2)17(23-4)15(12-13)22-3/h5-6,11-12,19H,7-10H2,1-4H3/b6-5+. The highest BCUT2D eigenvalue weighted by atomic mass is 16.5. The second-order valence-corrected chi connectivity index (χ2v) is 4.99. The number of hydrogen-bond acceptors (Lipinski definition) is 7. The smallest absolute Gasteiger partial charge is 0.330 e. The van der Waals surface area contributed by atoms with Gasteiger partial charge in [-0.2, -0.15) is 0 Å². The van der Waals surface area contributed by atoms with E-state index in [4.69, 9.17) is 24.1 Å². The molecule has 0 fully saturated rings. The number of esters is 1. The number of methoxy groups -OCH3 is 3. The van der Waals surface area contributed by atoms with Gasteiger partial charge in [0.15, 0.2) is 11.5 Å². The fourth-order valence-electron chi connectivity index (χ4n) is 1.99. The largest absolute Gasteiger partial charge is 0.493 e. The Hall–Kier alpha value is -2.25. The third kappa shape index (κ3) is 6.10. The first-order valence-corrected chi connectivity index (χ1v) is 7.50. The minimum absolute atomic E-state index is 0.0749. The van der Waals surface area contributed by atoms with E-state index in [9.17, 15) is 4.79 Å². The Morgan fingerprint density at radius 3 is 2.25 bits per heavy atom. The van der Waals surface area contributed by atoms with Gasteiger partial charge >= 0.3 is 5.97 Å². The van der Waals surface area contributed by atoms with E-state index >= 15 is 0 Å². The monoisotopic (exact) mass is 339 g/mol. The Labute approximate surface area is 142 Å². The maximum Gasteiger partial charge on any atom is 0.330 e. The van der Waals surface area contributed by atoms with E-state index in [-0.39, 0.29) is 13.2 Å². The molecule has 0 heterocycles. The molecule has 0 radical (unpaired) electrons. The third-order valence-electron chi connectivity index (χ3n) is 3.30. The van der Waals surface area contributed by atoms with Gasteiger partial charge < -0.3 is 29.0 Å². The van der Waals surface area contributed by atoms with E-state index in [2.05, 4.69) is 0 Å². The van der Waals surface area contributed by atoms with Crippen molar-refractivity contribution in [2.24, 2.45) is 0 Å². The first kappa shape index (κ1) is 19.8. The number of carbonyl (C=O) groups is 1. The Balaban J connectivity index is 2.67. The molecule has 0 amide bonds. The van der Waals surface area contributed by atoms with Crippen LogP contribution in [0.4, 0.5) is 0 Å². The van der Waals surface area contributed by atoms with Crippen LogP contribution in [0.2, 0.25) is 0 Å². The van der Waals surface area contributed by atoms with Gasteiger partial charge in [0.2, 0.25) is 5.75 Å². The van der Waals surface area contributed by atoms with Crippen LogP contribution in [0.3, 0.4) is 0 Å². The first-order chi connectivity index (χ1) is 11.5. The summed E-state index contributed by atoms with van der Waals surface area (Å²) in [6.45, 7) is 1.43. The van der Waals surface area contributed by atoms with Gasteiger partial charge in [0.1, 0.15) is 6.61 Å². The van der Waals surface area contributed by atoms with Crippen molar-refractivity contribution >= 4 is 12.0 Å². The summed E-state index contributed by atoms with van der Waals surface area (Å²) >= 11 is 0. The van der Waals surface area contributed by atoms with Crippen LogP contribution in [0.5, 0.6) is 17.2 Å². The van der Waals surface area contributed by atoms with Crippen molar-refractivity contribution in [3.8, 4) is 17.2 Å². The molecule has 0 spiro atoms. The fourth-order valence-corrected chi connectivity index (χ4v) is 1.99. The maximum atomic E-state index is 11.7. The molecule has 1 rings (SSSR count). The van der Waals surface area contributed by atoms with Crippen molar-refractivity contribution in [3.63, 3.8) is 0 Å². The molecule has 0 atom stereocenters. The number of carbonyl (C=O) groups excluding carboxylic acids is 1. The van der Waals surface area contributed by atoms with Crippen LogP contribution in [0.1, 0.15) is 5.56 Å². The summed E-state index contributed by atoms with van der Waals surface area (Å²) < 4.78 is 20.9. The van der Waals surface area contributed by atoms with Gasteiger partial charge in [0.25, 0.3) is 0 Å². The summed E-state index contributed by atoms with van der Waals surface area (Å²) in [6.07, 6.45) is 2.96. The summed E-state index contributed by atoms with van der Waals surface area (Å²) in [6, 6.07) is 3.47. The van der Waals surface area contributed by atoms with Gasteiger partial charge in [-0.25, -0.2) is 4.79 Å². The number of benzene rings is 1. The SMILES string of the molecule is COc1cc(/C=C/C(=O)OCCN(C)CCO)cc(OC)c1OC. The summed E-state index contributed by atoms with van der Waals surface area (Å²) in [5.41, 5.74) is 0.721. The van der Waals surface area contributed by atoms with Gasteiger partial charge in [0.05, 0.1) is 27.9 Å². The quantitative estimate of drug-likeness (QED) is 0.507. The summed E-state index contributed by atoms with van der Waals surface area (Å²) in [5, 5.41) is 8.79. The molecule has 24 heavy (non-hydrogen) atoms. The number of aliphatic hydroxyl groups is 1. The van der Waals surface area contributed by atoms with Gasteiger partial charge in [0, 0.05) is 19.2 Å². The maximum absolute atomic E-state index is 11.7. The highest BCUT2D eigenvalue weighted by molar-refractivity contribution is 5.87. The molecule has 0 saturated carbocycles. The van der Waals surface area contributed by atoms with Crippen molar-refractivity contribution in [3.05, 3.63) is 23.8 Å². The second-order valence-electron chi connectivity index (χ2n) is 4.99. The summed E-state index contributed by atoms with van der Waals surface area (Å²) in [5.74, 6) is 1.07. The molecular weight excluding hydrogens is 314 g/mol. The van der Waals surface area contributed by atoms with Gasteiger partial charge in [-0.05, 0) is 30.8 Å². The van der Waals surface area contributed by atoms with Crippen LogP contribution < -0.4 is 14.2 Å². The predicted molar refractivity (Wildman–Crippen MR) is 90.7 cm³/mol. The Kier molecular flexibility index (Phi) is 8.67. The lowest BCUT2D eigenvalue weighted by atomic mass is 10.1. The lowest BCUT2D eigenvalue weighted by Crippen LogP contribution is -2.26. The lowest BCUT2D eigenvalue weighted by Gasteiger charge is -2.14. The fraction of sp³-hybridized carbons (Fsp3) is 0.471. The van der Waals surface area contributed by atoms with Crippen LogP contribution in [-0.2, 0) is 9.53 Å². The molecule has 7 nitrogen and oxygen atoms in total. The van der Waals surface area contributed by atoms with E-state index in [0.29, 0.717) is 30.3 Å². The van der Waals surface area contributed by atoms with Crippen LogP contribution in [0, 0.1) is 0 Å². The third-order valence-corrected chi connectivity index (χ3v) is 3.30. The topological polar surface area (TPSA) is 77.5 Å². The van der Waals surface area contributed by atoms with Gasteiger partial charge in [-0.3, -0.25) is 0 Å². The molecule has 0 aromatic heterocycles. The van der Waals surface area contributed by atoms with E-state index in [1.165, 1.54) is 27.4 Å². The van der Waals surface area contributed by atoms with Crippen molar-refractivity contribution in [2.45, 2.75) is 0 Å². The molecule has 0 saturated heterocycles. The number of ether oxygens (including phenoxy) is 4. The van der Waals surface area contributed by atoms with E-state index in [0.717, 1.165) is 5.56 Å². The minimum Gasteiger partial charge on any atom is -0.493 e. The molecule has 1 N–H and O–H groups in total. The van der Waals surface area contributed by atoms with Gasteiger partial charge in [-0.15, -0.1) is 0 Å². The summed E-state index contributed by atoms with van der Waals surface area (Å²) in [7, 11) is 6.43.